The van der Waals surface area contributed by atoms with Crippen molar-refractivity contribution in [2.45, 2.75) is 41.5 Å². The van der Waals surface area contributed by atoms with Crippen molar-refractivity contribution in [3.8, 4) is 0 Å². The van der Waals surface area contributed by atoms with Crippen LogP contribution in [-0.2, 0) is 9.59 Å². The van der Waals surface area contributed by atoms with Gasteiger partial charge in [-0.3, -0.25) is 9.59 Å². The summed E-state index contributed by atoms with van der Waals surface area (Å²) >= 11 is 7.72. The number of hydrogen-bond donors (Lipinski definition) is 0. The fourth-order valence-corrected chi connectivity index (χ4v) is 4.82. The summed E-state index contributed by atoms with van der Waals surface area (Å²) in [6.07, 6.45) is 3.74. The monoisotopic (exact) mass is 478 g/mol. The van der Waals surface area contributed by atoms with Gasteiger partial charge in [0.25, 0.3) is 5.91 Å². The number of allylic oxidation sites excluding steroid dienone is 5. The van der Waals surface area contributed by atoms with E-state index in [9.17, 15) is 9.59 Å². The molecule has 0 unspecified atom stereocenters. The number of benzene rings is 1. The summed E-state index contributed by atoms with van der Waals surface area (Å²) in [6, 6.07) is 11.0. The van der Waals surface area contributed by atoms with Gasteiger partial charge in [-0.2, -0.15) is 10.1 Å². The molecular formula is C27H27ClN2O2S. The van der Waals surface area contributed by atoms with Crippen LogP contribution in [0.4, 0.5) is 5.69 Å². The number of nitrogens with zero attached hydrogens (tertiary/aromatic N) is 2. The molecule has 4 rings (SSSR count). The highest BCUT2D eigenvalue weighted by molar-refractivity contribution is 7.12. The Morgan fingerprint density at radius 3 is 2.06 bits per heavy atom. The van der Waals surface area contributed by atoms with E-state index in [1.54, 1.807) is 18.2 Å². The number of amides is 1. The smallest absolute Gasteiger partial charge is 0.281 e. The first-order valence-electron chi connectivity index (χ1n) is 10.8. The molecule has 6 heteroatoms. The summed E-state index contributed by atoms with van der Waals surface area (Å²) < 4.78 is 0. The average Bonchev–Trinajstić information content (AvgIpc) is 3.34. The van der Waals surface area contributed by atoms with Crippen LogP contribution in [0.5, 0.6) is 0 Å². The van der Waals surface area contributed by atoms with E-state index in [1.807, 2.05) is 77.3 Å². The van der Waals surface area contributed by atoms with Crippen molar-refractivity contribution < 1.29 is 9.59 Å². The van der Waals surface area contributed by atoms with Gasteiger partial charge in [0.2, 0.25) is 0 Å². The molecular weight excluding hydrogens is 452 g/mol. The van der Waals surface area contributed by atoms with Crippen molar-refractivity contribution in [2.24, 2.45) is 15.9 Å². The number of halogens is 1. The van der Waals surface area contributed by atoms with E-state index < -0.39 is 0 Å². The molecule has 2 aromatic rings. The molecule has 1 aromatic heterocycles. The minimum absolute atomic E-state index is 0.0334. The number of carbonyl (C=O) groups excluding carboxylic acids is 2. The van der Waals surface area contributed by atoms with Crippen LogP contribution in [-0.4, -0.2) is 17.4 Å². The van der Waals surface area contributed by atoms with Gasteiger partial charge >= 0.3 is 0 Å². The first-order valence-corrected chi connectivity index (χ1v) is 12.1. The molecule has 0 saturated heterocycles. The quantitative estimate of drug-likeness (QED) is 0.437. The van der Waals surface area contributed by atoms with Gasteiger partial charge in [-0.15, -0.1) is 11.3 Å². The second-order valence-electron chi connectivity index (χ2n) is 10.3. The van der Waals surface area contributed by atoms with E-state index in [0.717, 1.165) is 4.88 Å². The highest BCUT2D eigenvalue weighted by atomic mass is 35.5. The van der Waals surface area contributed by atoms with Crippen LogP contribution >= 0.6 is 22.9 Å². The van der Waals surface area contributed by atoms with Crippen LogP contribution in [0.15, 0.2) is 81.3 Å². The predicted molar refractivity (Wildman–Crippen MR) is 137 cm³/mol. The highest BCUT2D eigenvalue weighted by Gasteiger charge is 2.39. The van der Waals surface area contributed by atoms with Crippen molar-refractivity contribution in [1.29, 1.82) is 0 Å². The van der Waals surface area contributed by atoms with E-state index >= 15 is 0 Å². The normalized spacial score (nSPS) is 17.4. The van der Waals surface area contributed by atoms with E-state index in [1.165, 1.54) is 16.3 Å². The van der Waals surface area contributed by atoms with Crippen LogP contribution in [0, 0.1) is 10.8 Å². The van der Waals surface area contributed by atoms with Crippen LogP contribution in [0.3, 0.4) is 0 Å². The van der Waals surface area contributed by atoms with Gasteiger partial charge in [-0.25, -0.2) is 0 Å². The van der Waals surface area contributed by atoms with Crippen LogP contribution < -0.4 is 5.01 Å². The lowest BCUT2D eigenvalue weighted by Gasteiger charge is -2.31. The van der Waals surface area contributed by atoms with Gasteiger partial charge in [0.1, 0.15) is 5.71 Å². The summed E-state index contributed by atoms with van der Waals surface area (Å²) in [5.74, 6) is -0.204. The van der Waals surface area contributed by atoms with Gasteiger partial charge in [0, 0.05) is 16.2 Å². The lowest BCUT2D eigenvalue weighted by Crippen LogP contribution is -2.29. The second kappa shape index (κ2) is 8.23. The first kappa shape index (κ1) is 23.4. The largest absolute Gasteiger partial charge is 0.289 e. The standard InChI is InChI=1S/C27H27ClN2O2S/c1-26(2,3)19-13-16(14-20(24(19)31)27(4,5)6)22-23(21-11-8-12-33-21)29-30(25(22)32)18-10-7-9-17(28)15-18/h7-15H,1-6H3. The zero-order valence-electron chi connectivity index (χ0n) is 19.7. The average molecular weight is 479 g/mol. The molecule has 0 bridgehead atoms. The maximum absolute atomic E-state index is 13.8. The van der Waals surface area contributed by atoms with E-state index in [2.05, 4.69) is 0 Å². The van der Waals surface area contributed by atoms with Crippen molar-refractivity contribution >= 4 is 46.0 Å². The number of Topliss-reactive ketones (excluding diaryl/α,β-unsaturated/α-hetero) is 1. The van der Waals surface area contributed by atoms with Crippen molar-refractivity contribution in [2.75, 3.05) is 5.01 Å². The zero-order chi connectivity index (χ0) is 24.1. The lowest BCUT2D eigenvalue weighted by molar-refractivity contribution is -0.115. The molecule has 0 fully saturated rings. The van der Waals surface area contributed by atoms with Gasteiger partial charge in [0.05, 0.1) is 16.1 Å². The van der Waals surface area contributed by atoms with Gasteiger partial charge in [0.15, 0.2) is 5.78 Å². The van der Waals surface area contributed by atoms with Crippen LogP contribution in [0.2, 0.25) is 5.02 Å². The lowest BCUT2D eigenvalue weighted by atomic mass is 9.71. The number of ketones is 1. The Morgan fingerprint density at radius 2 is 1.55 bits per heavy atom. The fourth-order valence-electron chi connectivity index (χ4n) is 3.92. The Kier molecular flexibility index (Phi) is 5.83. The Morgan fingerprint density at radius 1 is 0.909 bits per heavy atom. The maximum Gasteiger partial charge on any atom is 0.281 e. The molecule has 0 atom stereocenters. The molecule has 1 amide bonds. The summed E-state index contributed by atoms with van der Waals surface area (Å²) in [7, 11) is 0. The topological polar surface area (TPSA) is 49.7 Å². The third-order valence-corrected chi connectivity index (χ3v) is 6.76. The number of anilines is 1. The van der Waals surface area contributed by atoms with Gasteiger partial charge in [-0.1, -0.05) is 65.3 Å². The van der Waals surface area contributed by atoms with Gasteiger partial charge in [-0.05, 0) is 58.2 Å². The molecule has 0 spiro atoms. The molecule has 4 nitrogen and oxygen atoms in total. The predicted octanol–water partition coefficient (Wildman–Crippen LogP) is 6.98. The molecule has 2 aliphatic rings. The number of hydrazone groups is 1. The fraction of sp³-hybridized carbons (Fsp3) is 0.296. The Balaban J connectivity index is 1.99. The molecule has 0 radical (unpaired) electrons. The van der Waals surface area contributed by atoms with Crippen molar-refractivity contribution in [1.82, 2.24) is 0 Å². The highest BCUT2D eigenvalue weighted by Crippen LogP contribution is 2.41. The van der Waals surface area contributed by atoms with E-state index in [0.29, 0.717) is 38.7 Å². The third-order valence-electron chi connectivity index (χ3n) is 5.64. The van der Waals surface area contributed by atoms with Crippen LogP contribution in [0.25, 0.3) is 0 Å². The summed E-state index contributed by atoms with van der Waals surface area (Å²) in [4.78, 5) is 28.1. The first-order chi connectivity index (χ1) is 15.4. The maximum atomic E-state index is 13.8. The molecule has 0 N–H and O–H groups in total. The molecule has 1 aliphatic carbocycles. The molecule has 33 heavy (non-hydrogen) atoms. The molecule has 2 heterocycles. The molecule has 1 aliphatic heterocycles. The molecule has 0 saturated carbocycles. The van der Waals surface area contributed by atoms with E-state index in [4.69, 9.17) is 16.7 Å². The number of rotatable bonds is 2. The SMILES string of the molecule is CC(C)(C)C1=CC(=C2C(=O)N(c3cccc(Cl)c3)N=C2c2cccs2)C=C(C(C)(C)C)C1=O. The third kappa shape index (κ3) is 4.40. The van der Waals surface area contributed by atoms with E-state index in [-0.39, 0.29) is 22.5 Å². The van der Waals surface area contributed by atoms with Crippen molar-refractivity contribution in [3.05, 3.63) is 86.1 Å². The van der Waals surface area contributed by atoms with Crippen LogP contribution in [0.1, 0.15) is 46.4 Å². The molecule has 1 aromatic carbocycles. The van der Waals surface area contributed by atoms with Gasteiger partial charge < -0.3 is 0 Å². The Bertz CT molecular complexity index is 1230. The summed E-state index contributed by atoms with van der Waals surface area (Å²) in [6.45, 7) is 12.1. The Labute approximate surface area is 204 Å². The minimum Gasteiger partial charge on any atom is -0.289 e. The number of thiophene rings is 1. The molecule has 170 valence electrons. The number of hydrogen-bond acceptors (Lipinski definition) is 4. The number of carbonyl (C=O) groups is 2. The van der Waals surface area contributed by atoms with Crippen molar-refractivity contribution in [3.63, 3.8) is 0 Å². The Hall–Kier alpha value is -2.76. The second-order valence-corrected chi connectivity index (χ2v) is 11.7. The summed E-state index contributed by atoms with van der Waals surface area (Å²) in [5, 5.41) is 8.61. The minimum atomic E-state index is -0.373. The zero-order valence-corrected chi connectivity index (χ0v) is 21.3. The summed E-state index contributed by atoms with van der Waals surface area (Å²) in [5.41, 5.74) is 3.05.